The fourth-order valence-corrected chi connectivity index (χ4v) is 4.17. The van der Waals surface area contributed by atoms with E-state index in [0.717, 1.165) is 22.3 Å². The topological polar surface area (TPSA) is 114 Å². The Morgan fingerprint density at radius 2 is 1.67 bits per heavy atom. The molecule has 174 valence electrons. The summed E-state index contributed by atoms with van der Waals surface area (Å²) in [4.78, 5) is 35.1. The Labute approximate surface area is 187 Å². The first-order valence-electron chi connectivity index (χ1n) is 10.4. The average molecular weight is 460 g/mol. The minimum absolute atomic E-state index is 0.0332. The molecule has 10 heteroatoms. The van der Waals surface area contributed by atoms with E-state index in [1.54, 1.807) is 0 Å². The van der Waals surface area contributed by atoms with E-state index in [2.05, 4.69) is 0 Å². The Morgan fingerprint density at radius 1 is 1.06 bits per heavy atom. The number of hydrogen-bond acceptors (Lipinski definition) is 5. The van der Waals surface area contributed by atoms with Crippen molar-refractivity contribution in [3.05, 3.63) is 59.7 Å². The van der Waals surface area contributed by atoms with Crippen LogP contribution in [0.2, 0.25) is 0 Å². The molecule has 3 N–H and O–H groups in total. The normalized spacial score (nSPS) is 19.5. The van der Waals surface area contributed by atoms with Gasteiger partial charge in [0.2, 0.25) is 0 Å². The van der Waals surface area contributed by atoms with Crippen molar-refractivity contribution < 1.29 is 37.7 Å². The van der Waals surface area contributed by atoms with Gasteiger partial charge < -0.3 is 25.2 Å². The number of alkyl carbamates (subject to hydrolysis) is 1. The van der Waals surface area contributed by atoms with Gasteiger partial charge in [-0.15, -0.1) is 0 Å². The van der Waals surface area contributed by atoms with Crippen LogP contribution in [0.25, 0.3) is 11.1 Å². The monoisotopic (exact) mass is 460 g/mol. The number of rotatable bonds is 7. The van der Waals surface area contributed by atoms with Crippen LogP contribution in [0.3, 0.4) is 0 Å². The molecule has 0 bridgehead atoms. The highest BCUT2D eigenvalue weighted by Crippen LogP contribution is 2.44. The van der Waals surface area contributed by atoms with Gasteiger partial charge in [-0.05, 0) is 28.7 Å². The standard InChI is InChI=1S/C23H22F2N2O6/c24-23(25,21(30)27-18-9-10-32-19(18)20(28)29)12-26-22(31)33-11-17-15-7-3-1-5-13(15)14-6-2-4-8-16(14)17/h1-8,17-19H,9-12H2,(H,26,31)(H,27,30)(H,28,29). The molecule has 1 heterocycles. The van der Waals surface area contributed by atoms with Crippen LogP contribution in [0.15, 0.2) is 48.5 Å². The molecule has 33 heavy (non-hydrogen) atoms. The molecule has 1 aliphatic carbocycles. The fourth-order valence-electron chi connectivity index (χ4n) is 4.17. The van der Waals surface area contributed by atoms with E-state index in [4.69, 9.17) is 14.6 Å². The number of aliphatic carboxylic acids is 1. The molecule has 2 aliphatic rings. The lowest BCUT2D eigenvalue weighted by Crippen LogP contribution is -2.53. The maximum atomic E-state index is 14.2. The molecule has 0 radical (unpaired) electrons. The Hall–Kier alpha value is -3.53. The molecule has 2 aromatic carbocycles. The van der Waals surface area contributed by atoms with Crippen molar-refractivity contribution >= 4 is 18.0 Å². The van der Waals surface area contributed by atoms with E-state index in [9.17, 15) is 23.2 Å². The molecule has 0 spiro atoms. The molecule has 1 fully saturated rings. The smallest absolute Gasteiger partial charge is 0.407 e. The van der Waals surface area contributed by atoms with Gasteiger partial charge in [0.25, 0.3) is 5.91 Å². The van der Waals surface area contributed by atoms with E-state index >= 15 is 0 Å². The number of ether oxygens (including phenoxy) is 2. The third-order valence-electron chi connectivity index (χ3n) is 5.78. The summed E-state index contributed by atoms with van der Waals surface area (Å²) in [7, 11) is 0. The van der Waals surface area contributed by atoms with Crippen molar-refractivity contribution in [1.29, 1.82) is 0 Å². The highest BCUT2D eigenvalue weighted by molar-refractivity contribution is 5.85. The first-order chi connectivity index (χ1) is 15.8. The zero-order chi connectivity index (χ0) is 23.6. The summed E-state index contributed by atoms with van der Waals surface area (Å²) in [6, 6.07) is 14.3. The van der Waals surface area contributed by atoms with E-state index in [1.807, 2.05) is 59.2 Å². The fraction of sp³-hybridized carbons (Fsp3) is 0.348. The van der Waals surface area contributed by atoms with Gasteiger partial charge in [-0.1, -0.05) is 48.5 Å². The summed E-state index contributed by atoms with van der Waals surface area (Å²) in [5.41, 5.74) is 4.01. The molecule has 1 aliphatic heterocycles. The number of benzene rings is 2. The molecular formula is C23H22F2N2O6. The van der Waals surface area contributed by atoms with Gasteiger partial charge in [0.15, 0.2) is 6.10 Å². The number of hydrogen-bond donors (Lipinski definition) is 3. The van der Waals surface area contributed by atoms with Crippen LogP contribution in [-0.4, -0.2) is 60.9 Å². The van der Waals surface area contributed by atoms with Gasteiger partial charge in [0.05, 0.1) is 12.6 Å². The first kappa shape index (κ1) is 22.7. The number of amides is 2. The second kappa shape index (κ2) is 9.14. The lowest BCUT2D eigenvalue weighted by Gasteiger charge is -2.21. The van der Waals surface area contributed by atoms with E-state index < -0.39 is 42.6 Å². The molecule has 4 rings (SSSR count). The minimum Gasteiger partial charge on any atom is -0.479 e. The predicted octanol–water partition coefficient (Wildman–Crippen LogP) is 2.52. The third-order valence-corrected chi connectivity index (χ3v) is 5.78. The number of carbonyl (C=O) groups is 3. The van der Waals surface area contributed by atoms with Crippen molar-refractivity contribution in [1.82, 2.24) is 10.6 Å². The molecule has 2 unspecified atom stereocenters. The van der Waals surface area contributed by atoms with Crippen LogP contribution in [-0.2, 0) is 19.1 Å². The molecule has 0 aromatic heterocycles. The van der Waals surface area contributed by atoms with Crippen molar-refractivity contribution in [2.24, 2.45) is 0 Å². The quantitative estimate of drug-likeness (QED) is 0.585. The van der Waals surface area contributed by atoms with E-state index in [-0.39, 0.29) is 25.6 Å². The molecular weight excluding hydrogens is 438 g/mol. The zero-order valence-corrected chi connectivity index (χ0v) is 17.4. The van der Waals surface area contributed by atoms with E-state index in [1.165, 1.54) is 0 Å². The van der Waals surface area contributed by atoms with Crippen LogP contribution in [0.1, 0.15) is 23.5 Å². The number of alkyl halides is 2. The Morgan fingerprint density at radius 3 is 2.27 bits per heavy atom. The summed E-state index contributed by atoms with van der Waals surface area (Å²) in [6.45, 7) is -1.32. The van der Waals surface area contributed by atoms with Crippen molar-refractivity contribution in [2.75, 3.05) is 19.8 Å². The van der Waals surface area contributed by atoms with Crippen molar-refractivity contribution in [3.8, 4) is 11.1 Å². The van der Waals surface area contributed by atoms with Crippen LogP contribution < -0.4 is 10.6 Å². The number of carboxylic acid groups (broad SMARTS) is 1. The summed E-state index contributed by atoms with van der Waals surface area (Å²) >= 11 is 0. The number of fused-ring (bicyclic) bond motifs is 3. The predicted molar refractivity (Wildman–Crippen MR) is 112 cm³/mol. The second-order valence-corrected chi connectivity index (χ2v) is 7.88. The highest BCUT2D eigenvalue weighted by Gasteiger charge is 2.44. The maximum Gasteiger partial charge on any atom is 0.407 e. The molecule has 2 aromatic rings. The van der Waals surface area contributed by atoms with Gasteiger partial charge in [-0.3, -0.25) is 4.79 Å². The van der Waals surface area contributed by atoms with Crippen LogP contribution >= 0.6 is 0 Å². The van der Waals surface area contributed by atoms with Crippen LogP contribution in [0, 0.1) is 0 Å². The van der Waals surface area contributed by atoms with Gasteiger partial charge in [-0.25, -0.2) is 9.59 Å². The largest absolute Gasteiger partial charge is 0.479 e. The Kier molecular flexibility index (Phi) is 6.28. The number of halogens is 2. The summed E-state index contributed by atoms with van der Waals surface area (Å²) in [5.74, 6) is -7.24. The first-order valence-corrected chi connectivity index (χ1v) is 10.4. The van der Waals surface area contributed by atoms with Gasteiger partial charge >= 0.3 is 18.0 Å². The second-order valence-electron chi connectivity index (χ2n) is 7.88. The van der Waals surface area contributed by atoms with Crippen molar-refractivity contribution in [2.45, 2.75) is 30.4 Å². The van der Waals surface area contributed by atoms with Gasteiger partial charge in [0.1, 0.15) is 6.61 Å². The molecule has 1 saturated heterocycles. The molecule has 2 atom stereocenters. The van der Waals surface area contributed by atoms with Crippen LogP contribution in [0.4, 0.5) is 13.6 Å². The maximum absolute atomic E-state index is 14.2. The van der Waals surface area contributed by atoms with Gasteiger partial charge in [0, 0.05) is 12.5 Å². The van der Waals surface area contributed by atoms with Crippen LogP contribution in [0.5, 0.6) is 0 Å². The summed E-state index contributed by atoms with van der Waals surface area (Å²) in [5, 5.41) is 12.9. The Balaban J connectivity index is 1.31. The highest BCUT2D eigenvalue weighted by atomic mass is 19.3. The minimum atomic E-state index is -3.96. The molecule has 8 nitrogen and oxygen atoms in total. The lowest BCUT2D eigenvalue weighted by atomic mass is 9.98. The summed E-state index contributed by atoms with van der Waals surface area (Å²) < 4.78 is 38.6. The third kappa shape index (κ3) is 4.65. The van der Waals surface area contributed by atoms with Crippen molar-refractivity contribution in [3.63, 3.8) is 0 Å². The Bertz CT molecular complexity index is 1030. The SMILES string of the molecule is O=C(NCC(F)(F)C(=O)NC1CCOC1C(=O)O)OCC1c2ccccc2-c2ccccc21. The average Bonchev–Trinajstić information content (AvgIpc) is 3.39. The lowest BCUT2D eigenvalue weighted by molar-refractivity contribution is -0.151. The zero-order valence-electron chi connectivity index (χ0n) is 17.4. The number of carbonyl (C=O) groups excluding carboxylic acids is 2. The van der Waals surface area contributed by atoms with Gasteiger partial charge in [-0.2, -0.15) is 8.78 Å². The molecule has 0 saturated carbocycles. The van der Waals surface area contributed by atoms with E-state index in [0.29, 0.717) is 0 Å². The number of nitrogens with one attached hydrogen (secondary N) is 2. The summed E-state index contributed by atoms with van der Waals surface area (Å²) in [6.07, 6.45) is -2.38. The molecule has 2 amide bonds. The number of carboxylic acids is 1.